The molecule has 1 atom stereocenters. The van der Waals surface area contributed by atoms with Crippen LogP contribution in [0.2, 0.25) is 0 Å². The van der Waals surface area contributed by atoms with Crippen molar-refractivity contribution in [1.29, 1.82) is 0 Å². The molecule has 2 aromatic rings. The van der Waals surface area contributed by atoms with Crippen LogP contribution in [0.5, 0.6) is 0 Å². The highest BCUT2D eigenvalue weighted by molar-refractivity contribution is 5.96. The summed E-state index contributed by atoms with van der Waals surface area (Å²) in [5.74, 6) is -0.465. The lowest BCUT2D eigenvalue weighted by atomic mass is 10.0. The van der Waals surface area contributed by atoms with Crippen LogP contribution in [0.3, 0.4) is 0 Å². The average Bonchev–Trinajstić information content (AvgIpc) is 2.47. The number of carbonyl (C=O) groups is 2. The molecule has 0 bridgehead atoms. The monoisotopic (exact) mass is 282 g/mol. The van der Waals surface area contributed by atoms with Gasteiger partial charge in [-0.25, -0.2) is 0 Å². The standard InChI is InChI=1S/C17H18N2O2/c1-12(14-7-4-3-5-8-14)17(21)19-16-10-6-9-15(11-16)18-13(2)20/h3-12H,1-2H3,(H,18,20)(H,19,21). The molecule has 108 valence electrons. The maximum atomic E-state index is 12.2. The van der Waals surface area contributed by atoms with Crippen LogP contribution in [0.25, 0.3) is 0 Å². The lowest BCUT2D eigenvalue weighted by molar-refractivity contribution is -0.117. The second-order valence-corrected chi connectivity index (χ2v) is 4.88. The zero-order chi connectivity index (χ0) is 15.2. The van der Waals surface area contributed by atoms with Gasteiger partial charge in [0.2, 0.25) is 11.8 Å². The molecule has 0 radical (unpaired) electrons. The molecule has 0 spiro atoms. The van der Waals surface area contributed by atoms with Gasteiger partial charge in [0, 0.05) is 18.3 Å². The molecule has 0 aliphatic rings. The minimum Gasteiger partial charge on any atom is -0.326 e. The number of nitrogens with one attached hydrogen (secondary N) is 2. The van der Waals surface area contributed by atoms with Crippen LogP contribution in [-0.2, 0) is 9.59 Å². The summed E-state index contributed by atoms with van der Waals surface area (Å²) >= 11 is 0. The molecule has 1 unspecified atom stereocenters. The van der Waals surface area contributed by atoms with E-state index in [0.717, 1.165) is 5.56 Å². The average molecular weight is 282 g/mol. The molecule has 2 aromatic carbocycles. The summed E-state index contributed by atoms with van der Waals surface area (Å²) in [7, 11) is 0. The molecule has 0 heterocycles. The normalized spacial score (nSPS) is 11.5. The number of amides is 2. The lowest BCUT2D eigenvalue weighted by Crippen LogP contribution is -2.19. The van der Waals surface area contributed by atoms with Crippen LogP contribution in [0.1, 0.15) is 25.3 Å². The summed E-state index contributed by atoms with van der Waals surface area (Å²) in [5.41, 5.74) is 2.29. The van der Waals surface area contributed by atoms with Crippen molar-refractivity contribution in [1.82, 2.24) is 0 Å². The van der Waals surface area contributed by atoms with Crippen LogP contribution >= 0.6 is 0 Å². The summed E-state index contributed by atoms with van der Waals surface area (Å²) in [6, 6.07) is 16.7. The van der Waals surface area contributed by atoms with Crippen LogP contribution in [0, 0.1) is 0 Å². The van der Waals surface area contributed by atoms with Gasteiger partial charge in [0.15, 0.2) is 0 Å². The van der Waals surface area contributed by atoms with Gasteiger partial charge in [0.25, 0.3) is 0 Å². The first-order chi connectivity index (χ1) is 10.1. The lowest BCUT2D eigenvalue weighted by Gasteiger charge is -2.13. The first kappa shape index (κ1) is 14.8. The summed E-state index contributed by atoms with van der Waals surface area (Å²) in [6.45, 7) is 3.31. The molecule has 0 saturated heterocycles. The maximum Gasteiger partial charge on any atom is 0.231 e. The Morgan fingerprint density at radius 3 is 2.14 bits per heavy atom. The molecule has 0 aliphatic carbocycles. The summed E-state index contributed by atoms with van der Waals surface area (Å²) in [4.78, 5) is 23.3. The summed E-state index contributed by atoms with van der Waals surface area (Å²) < 4.78 is 0. The molecule has 0 aromatic heterocycles. The first-order valence-corrected chi connectivity index (χ1v) is 6.79. The van der Waals surface area contributed by atoms with Gasteiger partial charge in [-0.05, 0) is 30.7 Å². The molecule has 4 nitrogen and oxygen atoms in total. The SMILES string of the molecule is CC(=O)Nc1cccc(NC(=O)C(C)c2ccccc2)c1. The van der Waals surface area contributed by atoms with Gasteiger partial charge < -0.3 is 10.6 Å². The van der Waals surface area contributed by atoms with E-state index in [1.807, 2.05) is 37.3 Å². The van der Waals surface area contributed by atoms with Crippen molar-refractivity contribution in [3.05, 3.63) is 60.2 Å². The summed E-state index contributed by atoms with van der Waals surface area (Å²) in [5, 5.41) is 5.55. The van der Waals surface area contributed by atoms with E-state index in [1.165, 1.54) is 6.92 Å². The van der Waals surface area contributed by atoms with Crippen molar-refractivity contribution >= 4 is 23.2 Å². The van der Waals surface area contributed by atoms with E-state index in [9.17, 15) is 9.59 Å². The maximum absolute atomic E-state index is 12.2. The highest BCUT2D eigenvalue weighted by Crippen LogP contribution is 2.19. The van der Waals surface area contributed by atoms with E-state index < -0.39 is 0 Å². The van der Waals surface area contributed by atoms with Crippen molar-refractivity contribution in [3.63, 3.8) is 0 Å². The third-order valence-electron chi connectivity index (χ3n) is 3.14. The number of hydrogen-bond donors (Lipinski definition) is 2. The van der Waals surface area contributed by atoms with Crippen molar-refractivity contribution < 1.29 is 9.59 Å². The third kappa shape index (κ3) is 4.18. The second kappa shape index (κ2) is 6.70. The molecule has 2 N–H and O–H groups in total. The Balaban J connectivity index is 2.07. The van der Waals surface area contributed by atoms with Crippen LogP contribution < -0.4 is 10.6 Å². The second-order valence-electron chi connectivity index (χ2n) is 4.88. The Morgan fingerprint density at radius 1 is 0.905 bits per heavy atom. The van der Waals surface area contributed by atoms with E-state index >= 15 is 0 Å². The highest BCUT2D eigenvalue weighted by atomic mass is 16.2. The van der Waals surface area contributed by atoms with Crippen molar-refractivity contribution in [2.24, 2.45) is 0 Å². The quantitative estimate of drug-likeness (QED) is 0.903. The highest BCUT2D eigenvalue weighted by Gasteiger charge is 2.14. The smallest absolute Gasteiger partial charge is 0.231 e. The summed E-state index contributed by atoms with van der Waals surface area (Å²) in [6.07, 6.45) is 0. The Hall–Kier alpha value is -2.62. The first-order valence-electron chi connectivity index (χ1n) is 6.79. The number of carbonyl (C=O) groups excluding carboxylic acids is 2. The number of anilines is 2. The van der Waals surface area contributed by atoms with Crippen LogP contribution in [0.15, 0.2) is 54.6 Å². The van der Waals surface area contributed by atoms with Gasteiger partial charge in [-0.3, -0.25) is 9.59 Å². The van der Waals surface area contributed by atoms with E-state index in [2.05, 4.69) is 10.6 Å². The fraction of sp³-hybridized carbons (Fsp3) is 0.176. The Kier molecular flexibility index (Phi) is 4.72. The molecule has 0 saturated carbocycles. The van der Waals surface area contributed by atoms with Gasteiger partial charge in [-0.15, -0.1) is 0 Å². The van der Waals surface area contributed by atoms with Gasteiger partial charge in [0.1, 0.15) is 0 Å². The molecule has 4 heteroatoms. The number of benzene rings is 2. The Labute approximate surface area is 124 Å². The van der Waals surface area contributed by atoms with E-state index in [1.54, 1.807) is 24.3 Å². The van der Waals surface area contributed by atoms with Gasteiger partial charge in [-0.2, -0.15) is 0 Å². The van der Waals surface area contributed by atoms with Gasteiger partial charge >= 0.3 is 0 Å². The molecule has 0 fully saturated rings. The van der Waals surface area contributed by atoms with Gasteiger partial charge in [-0.1, -0.05) is 36.4 Å². The minimum atomic E-state index is -0.240. The fourth-order valence-electron chi connectivity index (χ4n) is 2.02. The molecule has 21 heavy (non-hydrogen) atoms. The predicted octanol–water partition coefficient (Wildman–Crippen LogP) is 3.39. The zero-order valence-electron chi connectivity index (χ0n) is 12.1. The Bertz CT molecular complexity index is 638. The third-order valence-corrected chi connectivity index (χ3v) is 3.14. The zero-order valence-corrected chi connectivity index (χ0v) is 12.1. The molecule has 0 aliphatic heterocycles. The molecule has 2 amide bonds. The Morgan fingerprint density at radius 2 is 1.52 bits per heavy atom. The molecular formula is C17H18N2O2. The van der Waals surface area contributed by atoms with E-state index in [0.29, 0.717) is 11.4 Å². The minimum absolute atomic E-state index is 0.0822. The fourth-order valence-corrected chi connectivity index (χ4v) is 2.02. The van der Waals surface area contributed by atoms with Crippen molar-refractivity contribution in [3.8, 4) is 0 Å². The van der Waals surface area contributed by atoms with Gasteiger partial charge in [0.05, 0.1) is 5.92 Å². The van der Waals surface area contributed by atoms with Crippen LogP contribution in [-0.4, -0.2) is 11.8 Å². The van der Waals surface area contributed by atoms with Crippen LogP contribution in [0.4, 0.5) is 11.4 Å². The topological polar surface area (TPSA) is 58.2 Å². The van der Waals surface area contributed by atoms with E-state index in [4.69, 9.17) is 0 Å². The number of hydrogen-bond acceptors (Lipinski definition) is 2. The predicted molar refractivity (Wildman–Crippen MR) is 84.2 cm³/mol. The van der Waals surface area contributed by atoms with Crippen molar-refractivity contribution in [2.45, 2.75) is 19.8 Å². The van der Waals surface area contributed by atoms with Crippen molar-refractivity contribution in [2.75, 3.05) is 10.6 Å². The number of rotatable bonds is 4. The molecular weight excluding hydrogens is 264 g/mol. The largest absolute Gasteiger partial charge is 0.326 e. The molecule has 2 rings (SSSR count). The van der Waals surface area contributed by atoms with E-state index in [-0.39, 0.29) is 17.7 Å².